The summed E-state index contributed by atoms with van der Waals surface area (Å²) in [4.78, 5) is 39.1. The highest BCUT2D eigenvalue weighted by Gasteiger charge is 2.25. The Balaban J connectivity index is 1.26. The number of rotatable bonds is 4. The van der Waals surface area contributed by atoms with Crippen LogP contribution in [0.1, 0.15) is 30.3 Å². The topological polar surface area (TPSA) is 90.5 Å². The molecule has 3 amide bonds. The third-order valence-corrected chi connectivity index (χ3v) is 6.42. The molecule has 1 atom stereocenters. The van der Waals surface area contributed by atoms with Crippen molar-refractivity contribution >= 4 is 34.2 Å². The number of aromatic nitrogens is 2. The second-order valence-corrected chi connectivity index (χ2v) is 8.50. The molecule has 2 aromatic heterocycles. The maximum absolute atomic E-state index is 12.6. The van der Waals surface area contributed by atoms with E-state index in [1.54, 1.807) is 29.4 Å². The molecule has 0 saturated carbocycles. The van der Waals surface area contributed by atoms with Gasteiger partial charge in [0.15, 0.2) is 5.13 Å². The highest BCUT2D eigenvalue weighted by molar-refractivity contribution is 7.15. The summed E-state index contributed by atoms with van der Waals surface area (Å²) in [6.07, 6.45) is 6.14. The molecule has 1 aliphatic heterocycles. The standard InChI is InChI=1S/C20H26N6O2S/c1-14(18(27)24-19-23-15-6-2-3-7-16(15)29-19)22-20(28)26-12-10-25(11-13-26)17-8-4-5-9-21-17/h4-5,8-9,14H,2-3,6-7,10-13H2,1H3,(H,22,28)(H,23,24,27). The SMILES string of the molecule is CC(NC(=O)N1CCN(c2ccccn2)CC1)C(=O)Nc1nc2c(s1)CCCC2. The van der Waals surface area contributed by atoms with Crippen LogP contribution in [0.3, 0.4) is 0 Å². The van der Waals surface area contributed by atoms with E-state index in [1.165, 1.54) is 11.3 Å². The van der Waals surface area contributed by atoms with Crippen LogP contribution < -0.4 is 15.5 Å². The molecule has 1 aliphatic carbocycles. The Kier molecular flexibility index (Phi) is 5.94. The maximum atomic E-state index is 12.6. The van der Waals surface area contributed by atoms with Crippen molar-refractivity contribution in [1.82, 2.24) is 20.2 Å². The number of hydrogen-bond acceptors (Lipinski definition) is 6. The molecule has 9 heteroatoms. The number of fused-ring (bicyclic) bond motifs is 1. The van der Waals surface area contributed by atoms with Crippen LogP contribution in [-0.2, 0) is 17.6 Å². The number of anilines is 2. The lowest BCUT2D eigenvalue weighted by Crippen LogP contribution is -2.54. The number of aryl methyl sites for hydroxylation is 2. The Morgan fingerprint density at radius 3 is 2.66 bits per heavy atom. The van der Waals surface area contributed by atoms with Gasteiger partial charge in [-0.3, -0.25) is 4.79 Å². The Labute approximate surface area is 174 Å². The molecule has 4 rings (SSSR count). The van der Waals surface area contributed by atoms with Gasteiger partial charge in [0.2, 0.25) is 5.91 Å². The number of urea groups is 1. The summed E-state index contributed by atoms with van der Waals surface area (Å²) in [7, 11) is 0. The summed E-state index contributed by atoms with van der Waals surface area (Å²) in [6, 6.07) is 4.98. The lowest BCUT2D eigenvalue weighted by atomic mass is 10.0. The van der Waals surface area contributed by atoms with Gasteiger partial charge in [0, 0.05) is 37.3 Å². The van der Waals surface area contributed by atoms with Gasteiger partial charge in [-0.25, -0.2) is 14.8 Å². The Bertz CT molecular complexity index is 840. The maximum Gasteiger partial charge on any atom is 0.318 e. The van der Waals surface area contributed by atoms with Crippen LogP contribution in [-0.4, -0.2) is 59.0 Å². The van der Waals surface area contributed by atoms with E-state index in [2.05, 4.69) is 25.5 Å². The second-order valence-electron chi connectivity index (χ2n) is 7.42. The van der Waals surface area contributed by atoms with E-state index in [4.69, 9.17) is 0 Å². The monoisotopic (exact) mass is 414 g/mol. The Morgan fingerprint density at radius 1 is 1.14 bits per heavy atom. The molecule has 1 unspecified atom stereocenters. The third kappa shape index (κ3) is 4.67. The minimum atomic E-state index is -0.628. The van der Waals surface area contributed by atoms with Crippen LogP contribution >= 0.6 is 11.3 Å². The fraction of sp³-hybridized carbons (Fsp3) is 0.500. The molecule has 2 aromatic rings. The second kappa shape index (κ2) is 8.77. The third-order valence-electron chi connectivity index (χ3n) is 5.35. The van der Waals surface area contributed by atoms with E-state index < -0.39 is 6.04 Å². The van der Waals surface area contributed by atoms with Crippen molar-refractivity contribution in [3.8, 4) is 0 Å². The molecule has 3 heterocycles. The van der Waals surface area contributed by atoms with Crippen molar-refractivity contribution in [3.05, 3.63) is 35.0 Å². The van der Waals surface area contributed by atoms with Crippen molar-refractivity contribution in [3.63, 3.8) is 0 Å². The number of carbonyl (C=O) groups excluding carboxylic acids is 2. The highest BCUT2D eigenvalue weighted by atomic mass is 32.1. The van der Waals surface area contributed by atoms with Crippen LogP contribution in [0.15, 0.2) is 24.4 Å². The van der Waals surface area contributed by atoms with E-state index in [1.807, 2.05) is 18.2 Å². The van der Waals surface area contributed by atoms with Crippen LogP contribution in [0, 0.1) is 0 Å². The number of piperazine rings is 1. The van der Waals surface area contributed by atoms with E-state index in [-0.39, 0.29) is 11.9 Å². The quantitative estimate of drug-likeness (QED) is 0.801. The summed E-state index contributed by atoms with van der Waals surface area (Å²) in [6.45, 7) is 4.32. The molecule has 2 aliphatic rings. The summed E-state index contributed by atoms with van der Waals surface area (Å²) in [5.74, 6) is 0.683. The first-order chi connectivity index (χ1) is 14.1. The molecule has 8 nitrogen and oxygen atoms in total. The molecule has 2 N–H and O–H groups in total. The molecule has 1 saturated heterocycles. The summed E-state index contributed by atoms with van der Waals surface area (Å²) < 4.78 is 0. The van der Waals surface area contributed by atoms with Crippen molar-refractivity contribution < 1.29 is 9.59 Å². The Morgan fingerprint density at radius 2 is 1.93 bits per heavy atom. The smallest absolute Gasteiger partial charge is 0.318 e. The zero-order chi connectivity index (χ0) is 20.2. The molecular weight excluding hydrogens is 388 g/mol. The van der Waals surface area contributed by atoms with Gasteiger partial charge in [-0.1, -0.05) is 6.07 Å². The number of thiazole rings is 1. The lowest BCUT2D eigenvalue weighted by Gasteiger charge is -2.35. The first-order valence-electron chi connectivity index (χ1n) is 10.1. The first-order valence-corrected chi connectivity index (χ1v) is 10.9. The molecule has 29 heavy (non-hydrogen) atoms. The van der Waals surface area contributed by atoms with Gasteiger partial charge in [0.1, 0.15) is 11.9 Å². The lowest BCUT2D eigenvalue weighted by molar-refractivity contribution is -0.117. The number of carbonyl (C=O) groups is 2. The van der Waals surface area contributed by atoms with Crippen LogP contribution in [0.4, 0.5) is 15.7 Å². The van der Waals surface area contributed by atoms with Crippen LogP contribution in [0.2, 0.25) is 0 Å². The number of nitrogens with zero attached hydrogens (tertiary/aromatic N) is 4. The summed E-state index contributed by atoms with van der Waals surface area (Å²) in [5.41, 5.74) is 1.11. The van der Waals surface area contributed by atoms with Gasteiger partial charge >= 0.3 is 6.03 Å². The van der Waals surface area contributed by atoms with Gasteiger partial charge in [0.25, 0.3) is 0 Å². The Hall–Kier alpha value is -2.68. The molecule has 0 radical (unpaired) electrons. The number of hydrogen-bond donors (Lipinski definition) is 2. The molecule has 1 fully saturated rings. The molecule has 0 aromatic carbocycles. The number of nitrogens with one attached hydrogen (secondary N) is 2. The first kappa shape index (κ1) is 19.6. The van der Waals surface area contributed by atoms with Gasteiger partial charge in [0.05, 0.1) is 5.69 Å². The van der Waals surface area contributed by atoms with Crippen LogP contribution in [0.5, 0.6) is 0 Å². The predicted molar refractivity (Wildman–Crippen MR) is 113 cm³/mol. The van der Waals surface area contributed by atoms with Gasteiger partial charge < -0.3 is 20.4 Å². The zero-order valence-corrected chi connectivity index (χ0v) is 17.4. The zero-order valence-electron chi connectivity index (χ0n) is 16.6. The minimum absolute atomic E-state index is 0.216. The fourth-order valence-corrected chi connectivity index (χ4v) is 4.69. The molecule has 0 bridgehead atoms. The summed E-state index contributed by atoms with van der Waals surface area (Å²) in [5, 5.41) is 6.29. The van der Waals surface area contributed by atoms with Crippen molar-refractivity contribution in [2.45, 2.75) is 38.6 Å². The van der Waals surface area contributed by atoms with E-state index in [0.29, 0.717) is 18.2 Å². The van der Waals surface area contributed by atoms with Crippen molar-refractivity contribution in [1.29, 1.82) is 0 Å². The number of amides is 3. The summed E-state index contributed by atoms with van der Waals surface area (Å²) >= 11 is 1.55. The highest BCUT2D eigenvalue weighted by Crippen LogP contribution is 2.29. The van der Waals surface area contributed by atoms with Gasteiger partial charge in [-0.05, 0) is 44.7 Å². The molecule has 154 valence electrons. The van der Waals surface area contributed by atoms with Crippen molar-refractivity contribution in [2.24, 2.45) is 0 Å². The van der Waals surface area contributed by atoms with E-state index >= 15 is 0 Å². The van der Waals surface area contributed by atoms with E-state index in [0.717, 1.165) is 43.9 Å². The van der Waals surface area contributed by atoms with Gasteiger partial charge in [-0.2, -0.15) is 0 Å². The minimum Gasteiger partial charge on any atom is -0.353 e. The predicted octanol–water partition coefficient (Wildman–Crippen LogP) is 2.28. The molecule has 0 spiro atoms. The van der Waals surface area contributed by atoms with Crippen molar-refractivity contribution in [2.75, 3.05) is 36.4 Å². The molecular formula is C20H26N6O2S. The normalized spacial score (nSPS) is 17.4. The van der Waals surface area contributed by atoms with E-state index in [9.17, 15) is 9.59 Å². The average Bonchev–Trinajstić information content (AvgIpc) is 3.16. The van der Waals surface area contributed by atoms with Gasteiger partial charge in [-0.15, -0.1) is 11.3 Å². The van der Waals surface area contributed by atoms with Crippen LogP contribution in [0.25, 0.3) is 0 Å². The fourth-order valence-electron chi connectivity index (χ4n) is 3.64. The average molecular weight is 415 g/mol. The largest absolute Gasteiger partial charge is 0.353 e. The number of pyridine rings is 1.